The second-order valence-electron chi connectivity index (χ2n) is 4.38. The van der Waals surface area contributed by atoms with Crippen LogP contribution >= 0.6 is 0 Å². The molecule has 0 aliphatic heterocycles. The maximum absolute atomic E-state index is 11.6. The molecular formula is C11H17N3O4S2. The van der Waals surface area contributed by atoms with Crippen molar-refractivity contribution in [2.75, 3.05) is 17.8 Å². The fraction of sp³-hybridized carbons (Fsp3) is 0.364. The molecule has 1 aromatic rings. The van der Waals surface area contributed by atoms with E-state index in [1.165, 1.54) is 0 Å². The maximum atomic E-state index is 11.6. The van der Waals surface area contributed by atoms with Crippen LogP contribution in [0.25, 0.3) is 0 Å². The van der Waals surface area contributed by atoms with Crippen molar-refractivity contribution in [2.45, 2.75) is 6.54 Å². The highest BCUT2D eigenvalue weighted by Gasteiger charge is 2.14. The SMILES string of the molecule is CS(=O)(=O)CCS(=O)(=O)NCc1ccc(C(=N)N)cc1. The normalized spacial score (nSPS) is 12.2. The summed E-state index contributed by atoms with van der Waals surface area (Å²) in [5.41, 5.74) is 6.54. The van der Waals surface area contributed by atoms with Crippen molar-refractivity contribution < 1.29 is 16.8 Å². The molecule has 0 saturated carbocycles. The van der Waals surface area contributed by atoms with Gasteiger partial charge in [0, 0.05) is 18.4 Å². The van der Waals surface area contributed by atoms with Gasteiger partial charge in [0.05, 0.1) is 11.5 Å². The van der Waals surface area contributed by atoms with Crippen LogP contribution in [0.5, 0.6) is 0 Å². The van der Waals surface area contributed by atoms with Gasteiger partial charge in [-0.15, -0.1) is 0 Å². The van der Waals surface area contributed by atoms with E-state index < -0.39 is 31.4 Å². The molecule has 0 aliphatic carbocycles. The topological polar surface area (TPSA) is 130 Å². The molecule has 9 heteroatoms. The van der Waals surface area contributed by atoms with Gasteiger partial charge in [-0.05, 0) is 5.56 Å². The van der Waals surface area contributed by atoms with Crippen LogP contribution < -0.4 is 10.5 Å². The van der Waals surface area contributed by atoms with Gasteiger partial charge in [0.2, 0.25) is 10.0 Å². The van der Waals surface area contributed by atoms with Crippen molar-refractivity contribution in [1.29, 1.82) is 5.41 Å². The largest absolute Gasteiger partial charge is 0.384 e. The van der Waals surface area contributed by atoms with Gasteiger partial charge in [-0.25, -0.2) is 21.6 Å². The van der Waals surface area contributed by atoms with Crippen molar-refractivity contribution in [3.63, 3.8) is 0 Å². The van der Waals surface area contributed by atoms with E-state index in [2.05, 4.69) is 4.72 Å². The first-order valence-electron chi connectivity index (χ1n) is 5.67. The van der Waals surface area contributed by atoms with Gasteiger partial charge in [0.1, 0.15) is 15.7 Å². The first-order chi connectivity index (χ1) is 9.09. The molecule has 0 atom stereocenters. The molecule has 0 radical (unpaired) electrons. The van der Waals surface area contributed by atoms with E-state index >= 15 is 0 Å². The highest BCUT2D eigenvalue weighted by Crippen LogP contribution is 2.04. The van der Waals surface area contributed by atoms with Gasteiger partial charge in [0.15, 0.2) is 0 Å². The van der Waals surface area contributed by atoms with Crippen LogP contribution in [0.15, 0.2) is 24.3 Å². The molecule has 1 aromatic carbocycles. The molecule has 1 rings (SSSR count). The zero-order chi connectivity index (χ0) is 15.4. The minimum atomic E-state index is -3.64. The van der Waals surface area contributed by atoms with E-state index in [1.807, 2.05) is 0 Å². The Bertz CT molecular complexity index is 679. The number of nitrogens with one attached hydrogen (secondary N) is 2. The lowest BCUT2D eigenvalue weighted by Crippen LogP contribution is -2.29. The molecule has 0 aromatic heterocycles. The molecule has 0 bridgehead atoms. The van der Waals surface area contributed by atoms with Crippen LogP contribution in [0.2, 0.25) is 0 Å². The summed E-state index contributed by atoms with van der Waals surface area (Å²) in [6.45, 7) is 0.0598. The lowest BCUT2D eigenvalue weighted by Gasteiger charge is -2.07. The van der Waals surface area contributed by atoms with Gasteiger partial charge in [0.25, 0.3) is 0 Å². The zero-order valence-electron chi connectivity index (χ0n) is 11.0. The number of benzene rings is 1. The van der Waals surface area contributed by atoms with E-state index in [0.29, 0.717) is 11.1 Å². The van der Waals surface area contributed by atoms with Gasteiger partial charge in [-0.1, -0.05) is 24.3 Å². The predicted octanol–water partition coefficient (Wildman–Crippen LogP) is -0.565. The Morgan fingerprint density at radius 1 is 1.15 bits per heavy atom. The standard InChI is InChI=1S/C11H17N3O4S2/c1-19(15,16)6-7-20(17,18)14-8-9-2-4-10(5-3-9)11(12)13/h2-5,14H,6-8H2,1H3,(H3,12,13). The van der Waals surface area contributed by atoms with E-state index in [9.17, 15) is 16.8 Å². The third kappa shape index (κ3) is 6.13. The van der Waals surface area contributed by atoms with Crippen molar-refractivity contribution in [3.05, 3.63) is 35.4 Å². The molecule has 0 unspecified atom stereocenters. The second kappa shape index (κ2) is 6.33. The lowest BCUT2D eigenvalue weighted by molar-refractivity contribution is 0.579. The summed E-state index contributed by atoms with van der Waals surface area (Å²) in [6, 6.07) is 6.52. The molecule has 0 heterocycles. The average molecular weight is 319 g/mol. The van der Waals surface area contributed by atoms with Crippen molar-refractivity contribution >= 4 is 25.7 Å². The van der Waals surface area contributed by atoms with E-state index in [1.54, 1.807) is 24.3 Å². The summed E-state index contributed by atoms with van der Waals surface area (Å²) in [4.78, 5) is 0. The number of sulfone groups is 1. The minimum absolute atomic E-state index is 0.0598. The molecule has 0 amide bonds. The third-order valence-electron chi connectivity index (χ3n) is 2.48. The fourth-order valence-electron chi connectivity index (χ4n) is 1.33. The first-order valence-corrected chi connectivity index (χ1v) is 9.39. The Morgan fingerprint density at radius 3 is 2.15 bits per heavy atom. The van der Waals surface area contributed by atoms with Crippen LogP contribution in [-0.4, -0.2) is 40.4 Å². The maximum Gasteiger partial charge on any atom is 0.212 e. The predicted molar refractivity (Wildman–Crippen MR) is 77.8 cm³/mol. The van der Waals surface area contributed by atoms with Crippen LogP contribution in [-0.2, 0) is 26.4 Å². The monoisotopic (exact) mass is 319 g/mol. The van der Waals surface area contributed by atoms with Gasteiger partial charge in [-0.3, -0.25) is 5.41 Å². The second-order valence-corrected chi connectivity index (χ2v) is 8.57. The van der Waals surface area contributed by atoms with E-state index in [4.69, 9.17) is 11.1 Å². The number of rotatable bonds is 7. The first kappa shape index (κ1) is 16.6. The highest BCUT2D eigenvalue weighted by atomic mass is 32.2. The lowest BCUT2D eigenvalue weighted by atomic mass is 10.1. The van der Waals surface area contributed by atoms with Gasteiger partial charge >= 0.3 is 0 Å². The Hall–Kier alpha value is -1.45. The summed E-state index contributed by atoms with van der Waals surface area (Å²) >= 11 is 0. The summed E-state index contributed by atoms with van der Waals surface area (Å²) in [5.74, 6) is -0.937. The number of sulfonamides is 1. The average Bonchev–Trinajstić information content (AvgIpc) is 2.34. The molecule has 20 heavy (non-hydrogen) atoms. The highest BCUT2D eigenvalue weighted by molar-refractivity contribution is 7.93. The molecule has 0 fully saturated rings. The van der Waals surface area contributed by atoms with Crippen LogP contribution in [0.4, 0.5) is 0 Å². The molecule has 4 N–H and O–H groups in total. The van der Waals surface area contributed by atoms with Crippen molar-refractivity contribution in [1.82, 2.24) is 4.72 Å². The molecule has 0 spiro atoms. The smallest absolute Gasteiger partial charge is 0.212 e. The number of nitrogen functional groups attached to an aromatic ring is 1. The Kier molecular flexibility index (Phi) is 5.26. The van der Waals surface area contributed by atoms with E-state index in [-0.39, 0.29) is 12.4 Å². The summed E-state index contributed by atoms with van der Waals surface area (Å²) in [7, 11) is -6.95. The van der Waals surface area contributed by atoms with Crippen LogP contribution in [0.3, 0.4) is 0 Å². The molecule has 0 aliphatic rings. The Balaban J connectivity index is 2.60. The van der Waals surface area contributed by atoms with Crippen LogP contribution in [0, 0.1) is 5.41 Å². The van der Waals surface area contributed by atoms with Gasteiger partial charge < -0.3 is 5.73 Å². The van der Waals surface area contributed by atoms with E-state index in [0.717, 1.165) is 6.26 Å². The third-order valence-corrected chi connectivity index (χ3v) is 5.01. The Labute approximate surface area is 118 Å². The minimum Gasteiger partial charge on any atom is -0.384 e. The molecule has 7 nitrogen and oxygen atoms in total. The number of hydrogen-bond acceptors (Lipinski definition) is 5. The quantitative estimate of drug-likeness (QED) is 0.458. The molecule has 0 saturated heterocycles. The summed E-state index contributed by atoms with van der Waals surface area (Å²) < 4.78 is 47.4. The van der Waals surface area contributed by atoms with Crippen LogP contribution in [0.1, 0.15) is 11.1 Å². The molecular weight excluding hydrogens is 302 g/mol. The van der Waals surface area contributed by atoms with Gasteiger partial charge in [-0.2, -0.15) is 0 Å². The fourth-order valence-corrected chi connectivity index (χ4v) is 3.95. The van der Waals surface area contributed by atoms with Crippen molar-refractivity contribution in [3.8, 4) is 0 Å². The summed E-state index contributed by atoms with van der Waals surface area (Å²) in [5, 5.41) is 7.23. The zero-order valence-corrected chi connectivity index (χ0v) is 12.6. The van der Waals surface area contributed by atoms with Crippen molar-refractivity contribution in [2.24, 2.45) is 5.73 Å². The number of amidine groups is 1. The Morgan fingerprint density at radius 2 is 1.70 bits per heavy atom. The molecule has 112 valence electrons. The number of hydrogen-bond donors (Lipinski definition) is 3. The summed E-state index contributed by atoms with van der Waals surface area (Å²) in [6.07, 6.45) is 0.989. The number of nitrogens with two attached hydrogens (primary N) is 1.